The zero-order valence-electron chi connectivity index (χ0n) is 12.1. The van der Waals surface area contributed by atoms with Gasteiger partial charge in [0.1, 0.15) is 0 Å². The Morgan fingerprint density at radius 1 is 1.17 bits per heavy atom. The molecule has 0 amide bonds. The SMILES string of the molecule is CCC(C)C1CN(C2CN3CCC2CC3)CCN1. The van der Waals surface area contributed by atoms with Crippen molar-refractivity contribution in [1.82, 2.24) is 15.1 Å². The highest BCUT2D eigenvalue weighted by atomic mass is 15.3. The minimum atomic E-state index is 0.721. The third-order valence-corrected chi connectivity index (χ3v) is 5.66. The second kappa shape index (κ2) is 5.48. The second-order valence-corrected chi connectivity index (χ2v) is 6.65. The van der Waals surface area contributed by atoms with E-state index < -0.39 is 0 Å². The van der Waals surface area contributed by atoms with E-state index in [0.717, 1.165) is 23.9 Å². The van der Waals surface area contributed by atoms with Gasteiger partial charge in [-0.25, -0.2) is 0 Å². The van der Waals surface area contributed by atoms with Gasteiger partial charge in [-0.05, 0) is 37.8 Å². The minimum Gasteiger partial charge on any atom is -0.311 e. The maximum Gasteiger partial charge on any atom is 0.0253 e. The summed E-state index contributed by atoms with van der Waals surface area (Å²) in [6.45, 7) is 12.5. The fraction of sp³-hybridized carbons (Fsp3) is 1.00. The quantitative estimate of drug-likeness (QED) is 0.818. The van der Waals surface area contributed by atoms with Crippen LogP contribution in [0.15, 0.2) is 0 Å². The molecule has 18 heavy (non-hydrogen) atoms. The maximum absolute atomic E-state index is 3.73. The first-order valence-electron chi connectivity index (χ1n) is 7.97. The lowest BCUT2D eigenvalue weighted by molar-refractivity contribution is -0.0101. The van der Waals surface area contributed by atoms with Gasteiger partial charge in [0.2, 0.25) is 0 Å². The molecule has 4 saturated heterocycles. The second-order valence-electron chi connectivity index (χ2n) is 6.65. The molecule has 1 N–H and O–H groups in total. The summed E-state index contributed by atoms with van der Waals surface area (Å²) in [5.74, 6) is 1.81. The first-order valence-corrected chi connectivity index (χ1v) is 7.97. The van der Waals surface area contributed by atoms with E-state index in [4.69, 9.17) is 0 Å². The molecule has 4 heterocycles. The van der Waals surface area contributed by atoms with Crippen LogP contribution in [0.5, 0.6) is 0 Å². The van der Waals surface area contributed by atoms with Crippen LogP contribution in [0, 0.1) is 11.8 Å². The van der Waals surface area contributed by atoms with Gasteiger partial charge < -0.3 is 10.2 Å². The van der Waals surface area contributed by atoms with Crippen LogP contribution in [-0.2, 0) is 0 Å². The fourth-order valence-electron chi connectivity index (χ4n) is 4.12. The van der Waals surface area contributed by atoms with Crippen LogP contribution in [0.2, 0.25) is 0 Å². The molecule has 0 radical (unpaired) electrons. The number of piperazine rings is 1. The molecule has 0 spiro atoms. The fourth-order valence-corrected chi connectivity index (χ4v) is 4.12. The zero-order valence-corrected chi connectivity index (χ0v) is 12.1. The average Bonchev–Trinajstić information content (AvgIpc) is 2.47. The molecule has 0 aliphatic carbocycles. The van der Waals surface area contributed by atoms with Gasteiger partial charge in [-0.15, -0.1) is 0 Å². The maximum atomic E-state index is 3.73. The van der Waals surface area contributed by atoms with Crippen LogP contribution in [0.3, 0.4) is 0 Å². The van der Waals surface area contributed by atoms with E-state index in [2.05, 4.69) is 29.0 Å². The first kappa shape index (κ1) is 12.9. The summed E-state index contributed by atoms with van der Waals surface area (Å²) >= 11 is 0. The van der Waals surface area contributed by atoms with Crippen LogP contribution in [-0.4, -0.2) is 61.2 Å². The Labute approximate surface area is 112 Å². The Morgan fingerprint density at radius 3 is 2.56 bits per heavy atom. The molecule has 4 rings (SSSR count). The summed E-state index contributed by atoms with van der Waals surface area (Å²) in [5, 5.41) is 3.73. The van der Waals surface area contributed by atoms with Crippen LogP contribution < -0.4 is 5.32 Å². The van der Waals surface area contributed by atoms with Crippen molar-refractivity contribution in [3.8, 4) is 0 Å². The Morgan fingerprint density at radius 2 is 1.94 bits per heavy atom. The van der Waals surface area contributed by atoms with Crippen molar-refractivity contribution in [2.45, 2.75) is 45.2 Å². The van der Waals surface area contributed by atoms with E-state index in [1.54, 1.807) is 0 Å². The Balaban J connectivity index is 1.62. The molecule has 2 bridgehead atoms. The molecule has 0 saturated carbocycles. The summed E-state index contributed by atoms with van der Waals surface area (Å²) in [6.07, 6.45) is 4.19. The summed E-state index contributed by atoms with van der Waals surface area (Å²) in [7, 11) is 0. The summed E-state index contributed by atoms with van der Waals surface area (Å²) < 4.78 is 0. The number of piperidine rings is 3. The van der Waals surface area contributed by atoms with Gasteiger partial charge in [0, 0.05) is 38.3 Å². The predicted molar refractivity (Wildman–Crippen MR) is 75.8 cm³/mol. The molecule has 0 aromatic heterocycles. The van der Waals surface area contributed by atoms with E-state index in [1.165, 1.54) is 58.5 Å². The molecular formula is C15H29N3. The van der Waals surface area contributed by atoms with Crippen molar-refractivity contribution in [3.05, 3.63) is 0 Å². The Hall–Kier alpha value is -0.120. The molecule has 104 valence electrons. The third kappa shape index (κ3) is 2.45. The van der Waals surface area contributed by atoms with Gasteiger partial charge in [-0.3, -0.25) is 4.90 Å². The summed E-state index contributed by atoms with van der Waals surface area (Å²) in [4.78, 5) is 5.49. The number of hydrogen-bond acceptors (Lipinski definition) is 3. The van der Waals surface area contributed by atoms with E-state index in [9.17, 15) is 0 Å². The number of nitrogens with zero attached hydrogens (tertiary/aromatic N) is 2. The molecule has 0 aromatic carbocycles. The molecule has 4 fully saturated rings. The highest BCUT2D eigenvalue weighted by molar-refractivity contribution is 4.95. The molecule has 4 aliphatic heterocycles. The number of rotatable bonds is 3. The van der Waals surface area contributed by atoms with Crippen LogP contribution in [0.1, 0.15) is 33.1 Å². The normalized spacial score (nSPS) is 43.0. The molecular weight excluding hydrogens is 222 g/mol. The molecule has 0 aromatic rings. The first-order chi connectivity index (χ1) is 8.78. The average molecular weight is 251 g/mol. The van der Waals surface area contributed by atoms with Crippen LogP contribution in [0.4, 0.5) is 0 Å². The molecule has 3 heteroatoms. The van der Waals surface area contributed by atoms with Crippen LogP contribution in [0.25, 0.3) is 0 Å². The van der Waals surface area contributed by atoms with Gasteiger partial charge >= 0.3 is 0 Å². The lowest BCUT2D eigenvalue weighted by Crippen LogP contribution is -2.63. The minimum absolute atomic E-state index is 0.721. The Kier molecular flexibility index (Phi) is 3.92. The van der Waals surface area contributed by atoms with Crippen molar-refractivity contribution in [1.29, 1.82) is 0 Å². The van der Waals surface area contributed by atoms with Crippen molar-refractivity contribution in [2.75, 3.05) is 39.3 Å². The molecule has 3 nitrogen and oxygen atoms in total. The van der Waals surface area contributed by atoms with Crippen molar-refractivity contribution in [2.24, 2.45) is 11.8 Å². The van der Waals surface area contributed by atoms with Gasteiger partial charge in [-0.1, -0.05) is 20.3 Å². The van der Waals surface area contributed by atoms with Gasteiger partial charge in [-0.2, -0.15) is 0 Å². The third-order valence-electron chi connectivity index (χ3n) is 5.66. The highest BCUT2D eigenvalue weighted by Crippen LogP contribution is 2.31. The largest absolute Gasteiger partial charge is 0.311 e. The standard InChI is InChI=1S/C15H29N3/c1-3-12(2)14-10-18(9-6-16-14)15-11-17-7-4-13(15)5-8-17/h12-16H,3-11H2,1-2H3. The number of fused-ring (bicyclic) bond motifs is 3. The van der Waals surface area contributed by atoms with E-state index in [0.29, 0.717) is 0 Å². The smallest absolute Gasteiger partial charge is 0.0253 e. The predicted octanol–water partition coefficient (Wildman–Crippen LogP) is 1.40. The van der Waals surface area contributed by atoms with E-state index in [1.807, 2.05) is 0 Å². The van der Waals surface area contributed by atoms with Gasteiger partial charge in [0.25, 0.3) is 0 Å². The van der Waals surface area contributed by atoms with Crippen LogP contribution >= 0.6 is 0 Å². The number of hydrogen-bond donors (Lipinski definition) is 1. The van der Waals surface area contributed by atoms with Gasteiger partial charge in [0.05, 0.1) is 0 Å². The summed E-state index contributed by atoms with van der Waals surface area (Å²) in [6, 6.07) is 1.58. The summed E-state index contributed by atoms with van der Waals surface area (Å²) in [5.41, 5.74) is 0. The van der Waals surface area contributed by atoms with Crippen molar-refractivity contribution >= 4 is 0 Å². The monoisotopic (exact) mass is 251 g/mol. The van der Waals surface area contributed by atoms with Crippen molar-refractivity contribution in [3.63, 3.8) is 0 Å². The van der Waals surface area contributed by atoms with Gasteiger partial charge in [0.15, 0.2) is 0 Å². The van der Waals surface area contributed by atoms with E-state index >= 15 is 0 Å². The Bertz CT molecular complexity index is 273. The molecule has 4 aliphatic rings. The number of nitrogens with one attached hydrogen (secondary N) is 1. The molecule has 3 unspecified atom stereocenters. The lowest BCUT2D eigenvalue weighted by atomic mass is 9.82. The topological polar surface area (TPSA) is 18.5 Å². The lowest BCUT2D eigenvalue weighted by Gasteiger charge is -2.51. The molecule has 3 atom stereocenters. The van der Waals surface area contributed by atoms with Crippen molar-refractivity contribution < 1.29 is 0 Å². The zero-order chi connectivity index (χ0) is 12.5. The highest BCUT2D eigenvalue weighted by Gasteiger charge is 2.39. The van der Waals surface area contributed by atoms with E-state index in [-0.39, 0.29) is 0 Å².